The molecule has 1 aromatic carbocycles. The Morgan fingerprint density at radius 1 is 1.30 bits per heavy atom. The van der Waals surface area contributed by atoms with Crippen molar-refractivity contribution in [3.05, 3.63) is 28.3 Å². The lowest BCUT2D eigenvalue weighted by Gasteiger charge is -2.26. The Kier molecular flexibility index (Phi) is 3.84. The van der Waals surface area contributed by atoms with E-state index in [1.807, 2.05) is 11.8 Å². The molecule has 1 aliphatic heterocycles. The molecule has 0 fully saturated rings. The van der Waals surface area contributed by atoms with Crippen LogP contribution in [0.1, 0.15) is 43.0 Å². The third-order valence-corrected chi connectivity index (χ3v) is 3.71. The van der Waals surface area contributed by atoms with Crippen molar-refractivity contribution in [3.63, 3.8) is 0 Å². The zero-order valence-corrected chi connectivity index (χ0v) is 12.9. The predicted octanol–water partition coefficient (Wildman–Crippen LogP) is 3.14. The van der Waals surface area contributed by atoms with E-state index in [0.717, 1.165) is 23.2 Å². The molecule has 0 spiro atoms. The number of aromatic hydroxyl groups is 1. The fourth-order valence-electron chi connectivity index (χ4n) is 2.47. The van der Waals surface area contributed by atoms with Gasteiger partial charge in [-0.2, -0.15) is 0 Å². The maximum Gasteiger partial charge on any atom is 0.122 e. The molecule has 2 rings (SSSR count). The van der Waals surface area contributed by atoms with Crippen molar-refractivity contribution in [3.8, 4) is 5.75 Å². The van der Waals surface area contributed by atoms with Crippen molar-refractivity contribution in [2.45, 2.75) is 46.6 Å². The van der Waals surface area contributed by atoms with Crippen LogP contribution in [0.5, 0.6) is 5.75 Å². The second-order valence-corrected chi connectivity index (χ2v) is 6.39. The summed E-state index contributed by atoms with van der Waals surface area (Å²) in [4.78, 5) is 10.2. The number of aryl methyl sites for hydroxylation is 1. The Hall–Kier alpha value is -1.84. The normalized spacial score (nSPS) is 14.9. The minimum atomic E-state index is -0.0605. The summed E-state index contributed by atoms with van der Waals surface area (Å²) in [5, 5.41) is 10.5. The summed E-state index contributed by atoms with van der Waals surface area (Å²) >= 11 is 0. The molecular formula is C16H23N3O. The van der Waals surface area contributed by atoms with Crippen LogP contribution in [0.25, 0.3) is 0 Å². The van der Waals surface area contributed by atoms with Crippen molar-refractivity contribution in [2.75, 3.05) is 6.67 Å². The zero-order valence-electron chi connectivity index (χ0n) is 12.9. The molecule has 0 saturated heterocycles. The first kappa shape index (κ1) is 14.6. The molecule has 108 valence electrons. The summed E-state index contributed by atoms with van der Waals surface area (Å²) in [6, 6.07) is 2.10. The topological polar surface area (TPSA) is 48.2 Å². The molecule has 1 aliphatic rings. The van der Waals surface area contributed by atoms with Gasteiger partial charge in [0.1, 0.15) is 18.8 Å². The summed E-state index contributed by atoms with van der Waals surface area (Å²) in [5.74, 6) is 0.413. The van der Waals surface area contributed by atoms with Crippen molar-refractivity contribution in [1.29, 1.82) is 0 Å². The molecule has 4 nitrogen and oxygen atoms in total. The van der Waals surface area contributed by atoms with Gasteiger partial charge in [-0.05, 0) is 41.5 Å². The predicted molar refractivity (Wildman–Crippen MR) is 83.7 cm³/mol. The fourth-order valence-corrected chi connectivity index (χ4v) is 2.47. The number of benzene rings is 1. The summed E-state index contributed by atoms with van der Waals surface area (Å²) < 4.78 is 0. The molecule has 0 bridgehead atoms. The lowest BCUT2D eigenvalue weighted by Crippen LogP contribution is -2.25. The molecule has 0 saturated carbocycles. The van der Waals surface area contributed by atoms with Gasteiger partial charge in [-0.15, -0.1) is 0 Å². The van der Waals surface area contributed by atoms with Crippen molar-refractivity contribution < 1.29 is 5.11 Å². The number of rotatable bonds is 2. The van der Waals surface area contributed by atoms with E-state index in [-0.39, 0.29) is 5.41 Å². The van der Waals surface area contributed by atoms with Gasteiger partial charge >= 0.3 is 0 Å². The van der Waals surface area contributed by atoms with Crippen LogP contribution in [0.4, 0.5) is 0 Å². The Balaban J connectivity index is 2.38. The summed E-state index contributed by atoms with van der Waals surface area (Å²) in [6.45, 7) is 11.8. The Bertz CT molecular complexity index is 568. The maximum atomic E-state index is 10.5. The summed E-state index contributed by atoms with van der Waals surface area (Å²) in [7, 11) is 0. The van der Waals surface area contributed by atoms with Crippen LogP contribution >= 0.6 is 0 Å². The van der Waals surface area contributed by atoms with E-state index >= 15 is 0 Å². The van der Waals surface area contributed by atoms with Gasteiger partial charge in [0.05, 0.1) is 6.34 Å². The van der Waals surface area contributed by atoms with E-state index < -0.39 is 0 Å². The smallest absolute Gasteiger partial charge is 0.122 e. The molecule has 20 heavy (non-hydrogen) atoms. The highest BCUT2D eigenvalue weighted by Gasteiger charge is 2.22. The molecular weight excluding hydrogens is 250 g/mol. The van der Waals surface area contributed by atoms with Gasteiger partial charge < -0.3 is 10.0 Å². The molecule has 0 aliphatic carbocycles. The SMILES string of the molecule is Cc1cc(C(C)(C)C)c(O)c(C)c1CN1C=NC=NC1. The van der Waals surface area contributed by atoms with Crippen LogP contribution in [0.3, 0.4) is 0 Å². The van der Waals surface area contributed by atoms with Crippen LogP contribution in [0, 0.1) is 13.8 Å². The highest BCUT2D eigenvalue weighted by atomic mass is 16.3. The van der Waals surface area contributed by atoms with Gasteiger partial charge in [-0.1, -0.05) is 26.8 Å². The number of aliphatic imine (C=N–C) groups is 2. The van der Waals surface area contributed by atoms with E-state index in [9.17, 15) is 5.11 Å². The van der Waals surface area contributed by atoms with Crippen LogP contribution in [-0.2, 0) is 12.0 Å². The average molecular weight is 273 g/mol. The molecule has 1 N–H and O–H groups in total. The number of nitrogens with zero attached hydrogens (tertiary/aromatic N) is 3. The molecule has 0 radical (unpaired) electrons. The minimum Gasteiger partial charge on any atom is -0.507 e. The molecule has 4 heteroatoms. The Morgan fingerprint density at radius 2 is 2.00 bits per heavy atom. The van der Waals surface area contributed by atoms with Gasteiger partial charge in [-0.3, -0.25) is 4.99 Å². The van der Waals surface area contributed by atoms with Crippen LogP contribution in [0.15, 0.2) is 16.1 Å². The first-order chi connectivity index (χ1) is 9.30. The monoisotopic (exact) mass is 273 g/mol. The number of phenolic OH excluding ortho intramolecular Hbond substituents is 1. The van der Waals surface area contributed by atoms with Crippen molar-refractivity contribution in [2.24, 2.45) is 9.98 Å². The lowest BCUT2D eigenvalue weighted by molar-refractivity contribution is 0.421. The molecule has 1 aromatic rings. The first-order valence-electron chi connectivity index (χ1n) is 6.89. The number of phenols is 1. The van der Waals surface area contributed by atoms with Gasteiger partial charge in [0.2, 0.25) is 0 Å². The van der Waals surface area contributed by atoms with Crippen LogP contribution in [0.2, 0.25) is 0 Å². The van der Waals surface area contributed by atoms with Gasteiger partial charge in [0.15, 0.2) is 0 Å². The third-order valence-electron chi connectivity index (χ3n) is 3.71. The second kappa shape index (κ2) is 5.27. The summed E-state index contributed by atoms with van der Waals surface area (Å²) in [5.41, 5.74) is 4.25. The summed E-state index contributed by atoms with van der Waals surface area (Å²) in [6.07, 6.45) is 3.36. The van der Waals surface area contributed by atoms with Crippen LogP contribution in [-0.4, -0.2) is 29.4 Å². The second-order valence-electron chi connectivity index (χ2n) is 6.39. The quantitative estimate of drug-likeness (QED) is 0.900. The van der Waals surface area contributed by atoms with E-state index in [2.05, 4.69) is 43.7 Å². The van der Waals surface area contributed by atoms with E-state index in [1.54, 1.807) is 12.7 Å². The van der Waals surface area contributed by atoms with E-state index in [4.69, 9.17) is 0 Å². The standard InChI is InChI=1S/C16H23N3O/c1-11-6-14(16(3,4)5)15(20)12(2)13(11)7-19-9-17-8-18-10-19/h6,8-9,20H,7,10H2,1-5H3. The zero-order chi connectivity index (χ0) is 14.9. The largest absolute Gasteiger partial charge is 0.507 e. The number of hydrogen-bond acceptors (Lipinski definition) is 4. The van der Waals surface area contributed by atoms with Gasteiger partial charge in [-0.25, -0.2) is 4.99 Å². The third kappa shape index (κ3) is 2.84. The van der Waals surface area contributed by atoms with Crippen molar-refractivity contribution >= 4 is 12.7 Å². The first-order valence-corrected chi connectivity index (χ1v) is 6.89. The Morgan fingerprint density at radius 3 is 2.55 bits per heavy atom. The fraction of sp³-hybridized carbons (Fsp3) is 0.500. The number of hydrogen-bond donors (Lipinski definition) is 1. The average Bonchev–Trinajstić information content (AvgIpc) is 2.39. The molecule has 0 aromatic heterocycles. The molecule has 0 atom stereocenters. The maximum absolute atomic E-state index is 10.5. The molecule has 0 unspecified atom stereocenters. The van der Waals surface area contributed by atoms with E-state index in [1.165, 1.54) is 5.56 Å². The van der Waals surface area contributed by atoms with E-state index in [0.29, 0.717) is 12.4 Å². The van der Waals surface area contributed by atoms with Gasteiger partial charge in [0, 0.05) is 6.54 Å². The highest BCUT2D eigenvalue weighted by Crippen LogP contribution is 2.36. The van der Waals surface area contributed by atoms with Gasteiger partial charge in [0.25, 0.3) is 0 Å². The van der Waals surface area contributed by atoms with Crippen LogP contribution < -0.4 is 0 Å². The highest BCUT2D eigenvalue weighted by molar-refractivity contribution is 5.73. The minimum absolute atomic E-state index is 0.0605. The molecule has 1 heterocycles. The Labute approximate surface area is 120 Å². The van der Waals surface area contributed by atoms with Crippen molar-refractivity contribution in [1.82, 2.24) is 4.90 Å². The molecule has 0 amide bonds. The lowest BCUT2D eigenvalue weighted by atomic mass is 9.82.